The van der Waals surface area contributed by atoms with E-state index in [1.165, 1.54) is 24.3 Å². The van der Waals surface area contributed by atoms with Gasteiger partial charge >= 0.3 is 0 Å². The van der Waals surface area contributed by atoms with Gasteiger partial charge in [-0.3, -0.25) is 19.2 Å². The number of carbonyl (C=O) groups excluding carboxylic acids is 4. The summed E-state index contributed by atoms with van der Waals surface area (Å²) in [7, 11) is 0. The van der Waals surface area contributed by atoms with Crippen LogP contribution in [0.4, 0.5) is 4.39 Å². The predicted molar refractivity (Wildman–Crippen MR) is 157 cm³/mol. The van der Waals surface area contributed by atoms with Crippen LogP contribution >= 0.6 is 0 Å². The fraction of sp³-hybridized carbons (Fsp3) is 0.312. The van der Waals surface area contributed by atoms with Gasteiger partial charge in [-0.2, -0.15) is 0 Å². The van der Waals surface area contributed by atoms with Crippen molar-refractivity contribution in [3.63, 3.8) is 0 Å². The van der Waals surface area contributed by atoms with Crippen LogP contribution in [0, 0.1) is 5.82 Å². The van der Waals surface area contributed by atoms with Gasteiger partial charge < -0.3 is 30.7 Å². The number of rotatable bonds is 7. The summed E-state index contributed by atoms with van der Waals surface area (Å²) in [6.45, 7) is 3.29. The summed E-state index contributed by atoms with van der Waals surface area (Å²) < 4.78 is 24.7. The molecule has 10 nitrogen and oxygen atoms in total. The van der Waals surface area contributed by atoms with E-state index in [0.29, 0.717) is 12.2 Å². The second-order valence-corrected chi connectivity index (χ2v) is 10.7. The summed E-state index contributed by atoms with van der Waals surface area (Å²) in [5.41, 5.74) is -0.188. The number of benzene rings is 3. The summed E-state index contributed by atoms with van der Waals surface area (Å²) >= 11 is 0. The number of fused-ring (bicyclic) bond motifs is 1. The van der Waals surface area contributed by atoms with Crippen molar-refractivity contribution in [3.8, 4) is 11.5 Å². The Kier molecular flexibility index (Phi) is 10.3. The highest BCUT2D eigenvalue weighted by Crippen LogP contribution is 2.20. The third-order valence-corrected chi connectivity index (χ3v) is 6.75. The van der Waals surface area contributed by atoms with Crippen LogP contribution in [-0.4, -0.2) is 61.0 Å². The van der Waals surface area contributed by atoms with Gasteiger partial charge in [-0.15, -0.1) is 0 Å². The Balaban J connectivity index is 1.51. The highest BCUT2D eigenvalue weighted by atomic mass is 19.1. The average Bonchev–Trinajstić information content (AvgIpc) is 2.98. The van der Waals surface area contributed by atoms with E-state index >= 15 is 0 Å². The minimum absolute atomic E-state index is 0.0485. The van der Waals surface area contributed by atoms with Gasteiger partial charge in [0, 0.05) is 0 Å². The summed E-state index contributed by atoms with van der Waals surface area (Å²) in [6.07, 6.45) is 0.0294. The van der Waals surface area contributed by atoms with Crippen LogP contribution in [-0.2, 0) is 20.8 Å². The molecule has 226 valence electrons. The zero-order chi connectivity index (χ0) is 30.8. The lowest BCUT2D eigenvalue weighted by Crippen LogP contribution is -2.59. The zero-order valence-corrected chi connectivity index (χ0v) is 24.0. The van der Waals surface area contributed by atoms with Crippen molar-refractivity contribution in [3.05, 3.63) is 95.8 Å². The van der Waals surface area contributed by atoms with Crippen molar-refractivity contribution >= 4 is 23.6 Å². The number of hydrogen-bond donors (Lipinski definition) is 4. The third kappa shape index (κ3) is 9.03. The largest absolute Gasteiger partial charge is 0.492 e. The van der Waals surface area contributed by atoms with E-state index in [0.717, 1.165) is 5.56 Å². The van der Waals surface area contributed by atoms with Crippen molar-refractivity contribution in [1.82, 2.24) is 21.3 Å². The molecule has 43 heavy (non-hydrogen) atoms. The van der Waals surface area contributed by atoms with Gasteiger partial charge in [0.15, 0.2) is 0 Å². The fourth-order valence-corrected chi connectivity index (χ4v) is 4.47. The Hall–Kier alpha value is -4.93. The first-order valence-corrected chi connectivity index (χ1v) is 14.0. The molecule has 1 aliphatic heterocycles. The summed E-state index contributed by atoms with van der Waals surface area (Å²) in [5, 5.41) is 10.9. The number of amides is 4. The molecule has 0 aliphatic carbocycles. The highest BCUT2D eigenvalue weighted by Gasteiger charge is 2.34. The predicted octanol–water partition coefficient (Wildman–Crippen LogP) is 2.52. The standard InChI is InChI=1S/C32H35FN4O6/c1-32(2)31(41)35-23(18-21-8-4-3-5-9-21)20-43-27-11-7-6-10-25(27)29(39)36-26(19-28(38)37-32)30(40)34-16-17-42-24-14-12-22(33)13-15-24/h3-15,23,26H,16-20H2,1-2H3,(H,34,40)(H,35,41)(H,36,39)(H,37,38)/t23-,26+/m1/s1. The Morgan fingerprint density at radius 2 is 1.67 bits per heavy atom. The lowest BCUT2D eigenvalue weighted by atomic mass is 10.0. The first-order chi connectivity index (χ1) is 20.6. The Morgan fingerprint density at radius 1 is 0.977 bits per heavy atom. The van der Waals surface area contributed by atoms with E-state index in [1.807, 2.05) is 30.3 Å². The van der Waals surface area contributed by atoms with Crippen LogP contribution in [0.5, 0.6) is 11.5 Å². The van der Waals surface area contributed by atoms with Crippen LogP contribution in [0.1, 0.15) is 36.2 Å². The smallest absolute Gasteiger partial charge is 0.255 e. The van der Waals surface area contributed by atoms with Gasteiger partial charge in [0.1, 0.15) is 42.1 Å². The lowest BCUT2D eigenvalue weighted by molar-refractivity contribution is -0.134. The van der Waals surface area contributed by atoms with Gasteiger partial charge in [0.2, 0.25) is 17.7 Å². The number of halogens is 1. The summed E-state index contributed by atoms with van der Waals surface area (Å²) in [4.78, 5) is 52.9. The van der Waals surface area contributed by atoms with E-state index in [4.69, 9.17) is 9.47 Å². The molecule has 0 aromatic heterocycles. The Bertz CT molecular complexity index is 1430. The first-order valence-electron chi connectivity index (χ1n) is 14.0. The van der Waals surface area contributed by atoms with Crippen molar-refractivity contribution < 1.29 is 33.0 Å². The van der Waals surface area contributed by atoms with E-state index < -0.39 is 53.5 Å². The maximum atomic E-state index is 13.4. The normalized spacial score (nSPS) is 18.9. The van der Waals surface area contributed by atoms with Crippen molar-refractivity contribution in [2.24, 2.45) is 0 Å². The molecule has 4 rings (SSSR count). The molecule has 11 heteroatoms. The van der Waals surface area contributed by atoms with E-state index in [2.05, 4.69) is 21.3 Å². The van der Waals surface area contributed by atoms with Gasteiger partial charge in [0.25, 0.3) is 5.91 Å². The molecule has 0 fully saturated rings. The van der Waals surface area contributed by atoms with Crippen LogP contribution in [0.25, 0.3) is 0 Å². The SMILES string of the molecule is CC1(C)NC(=O)C[C@@H](C(=O)NCCOc2ccc(F)cc2)NC(=O)c2ccccc2OC[C@@H](Cc2ccccc2)NC1=O. The molecule has 4 N–H and O–H groups in total. The minimum atomic E-state index is -1.33. The van der Waals surface area contributed by atoms with Gasteiger partial charge in [-0.25, -0.2) is 4.39 Å². The van der Waals surface area contributed by atoms with Crippen LogP contribution < -0.4 is 30.7 Å². The van der Waals surface area contributed by atoms with Gasteiger partial charge in [-0.1, -0.05) is 42.5 Å². The van der Waals surface area contributed by atoms with Crippen LogP contribution in [0.15, 0.2) is 78.9 Å². The van der Waals surface area contributed by atoms with E-state index in [1.54, 1.807) is 38.1 Å². The minimum Gasteiger partial charge on any atom is -0.492 e. The molecule has 0 radical (unpaired) electrons. The number of carbonyl (C=O) groups is 4. The second kappa shape index (κ2) is 14.3. The highest BCUT2D eigenvalue weighted by molar-refractivity contribution is 6.01. The van der Waals surface area contributed by atoms with E-state index in [9.17, 15) is 23.6 Å². The molecular formula is C32H35FN4O6. The Labute approximate surface area is 249 Å². The topological polar surface area (TPSA) is 135 Å². The maximum absolute atomic E-state index is 13.4. The molecule has 0 spiro atoms. The van der Waals surface area contributed by atoms with Gasteiger partial charge in [0.05, 0.1) is 24.6 Å². The number of nitrogens with one attached hydrogen (secondary N) is 4. The molecule has 0 saturated heterocycles. The molecule has 1 heterocycles. The molecule has 0 saturated carbocycles. The van der Waals surface area contributed by atoms with Crippen molar-refractivity contribution in [1.29, 1.82) is 0 Å². The third-order valence-electron chi connectivity index (χ3n) is 6.75. The molecule has 1 aliphatic rings. The second-order valence-electron chi connectivity index (χ2n) is 10.7. The fourth-order valence-electron chi connectivity index (χ4n) is 4.47. The Morgan fingerprint density at radius 3 is 2.42 bits per heavy atom. The molecule has 0 unspecified atom stereocenters. The number of hydrogen-bond acceptors (Lipinski definition) is 6. The average molecular weight is 591 g/mol. The number of para-hydroxylation sites is 1. The van der Waals surface area contributed by atoms with Crippen LogP contribution in [0.2, 0.25) is 0 Å². The summed E-state index contributed by atoms with van der Waals surface area (Å²) in [6, 6.07) is 19.8. The van der Waals surface area contributed by atoms with E-state index in [-0.39, 0.29) is 31.1 Å². The molecular weight excluding hydrogens is 555 g/mol. The molecule has 4 amide bonds. The first kappa shape index (κ1) is 31.0. The lowest BCUT2D eigenvalue weighted by Gasteiger charge is -2.30. The quantitative estimate of drug-likeness (QED) is 0.313. The maximum Gasteiger partial charge on any atom is 0.255 e. The van der Waals surface area contributed by atoms with Gasteiger partial charge in [-0.05, 0) is 62.2 Å². The molecule has 3 aromatic carbocycles. The zero-order valence-electron chi connectivity index (χ0n) is 24.0. The molecule has 2 atom stereocenters. The van der Waals surface area contributed by atoms with Crippen molar-refractivity contribution in [2.45, 2.75) is 44.3 Å². The van der Waals surface area contributed by atoms with Crippen LogP contribution in [0.3, 0.4) is 0 Å². The molecule has 3 aromatic rings. The number of ether oxygens (including phenoxy) is 2. The summed E-state index contributed by atoms with van der Waals surface area (Å²) in [5.74, 6) is -1.98. The monoisotopic (exact) mass is 590 g/mol. The molecule has 0 bridgehead atoms. The van der Waals surface area contributed by atoms with Crippen molar-refractivity contribution in [2.75, 3.05) is 19.8 Å².